The first kappa shape index (κ1) is 15.0. The van der Waals surface area contributed by atoms with Gasteiger partial charge in [0.25, 0.3) is 0 Å². The summed E-state index contributed by atoms with van der Waals surface area (Å²) in [6.07, 6.45) is 1.90. The maximum Gasteiger partial charge on any atom is 0.166 e. The summed E-state index contributed by atoms with van der Waals surface area (Å²) in [5.41, 5.74) is 1.84. The first-order chi connectivity index (χ1) is 8.22. The van der Waals surface area contributed by atoms with E-state index in [0.717, 1.165) is 42.8 Å². The fourth-order valence-electron chi connectivity index (χ4n) is 2.35. The molecule has 4 heteroatoms. The lowest BCUT2D eigenvalue weighted by molar-refractivity contribution is 0.0895. The van der Waals surface area contributed by atoms with Crippen LogP contribution in [-0.2, 0) is 0 Å². The van der Waals surface area contributed by atoms with Gasteiger partial charge in [-0.2, -0.15) is 0 Å². The Bertz CT molecular complexity index is 414. The normalized spacial score (nSPS) is 15.9. The van der Waals surface area contributed by atoms with E-state index in [4.69, 9.17) is 4.74 Å². The van der Waals surface area contributed by atoms with Crippen molar-refractivity contribution in [2.45, 2.75) is 19.8 Å². The van der Waals surface area contributed by atoms with Crippen molar-refractivity contribution in [3.05, 3.63) is 29.3 Å². The number of piperidine rings is 1. The number of rotatable bonds is 3. The van der Waals surface area contributed by atoms with E-state index in [1.807, 2.05) is 25.1 Å². The van der Waals surface area contributed by atoms with E-state index in [1.54, 1.807) is 7.11 Å². The summed E-state index contributed by atoms with van der Waals surface area (Å²) in [7, 11) is 1.65. The monoisotopic (exact) mass is 269 g/mol. The summed E-state index contributed by atoms with van der Waals surface area (Å²) in [6.45, 7) is 3.87. The highest BCUT2D eigenvalue weighted by Gasteiger charge is 2.22. The molecule has 1 saturated heterocycles. The zero-order valence-corrected chi connectivity index (χ0v) is 11.7. The number of nitrogens with one attached hydrogen (secondary N) is 1. The van der Waals surface area contributed by atoms with Gasteiger partial charge >= 0.3 is 0 Å². The van der Waals surface area contributed by atoms with Gasteiger partial charge in [-0.3, -0.25) is 4.79 Å². The van der Waals surface area contributed by atoms with Crippen molar-refractivity contribution >= 4 is 18.2 Å². The molecule has 1 aliphatic rings. The van der Waals surface area contributed by atoms with Crippen LogP contribution in [0.3, 0.4) is 0 Å². The first-order valence-electron chi connectivity index (χ1n) is 6.12. The fourth-order valence-corrected chi connectivity index (χ4v) is 2.35. The molecule has 3 nitrogen and oxygen atoms in total. The number of carbonyl (C=O) groups excluding carboxylic acids is 1. The summed E-state index contributed by atoms with van der Waals surface area (Å²) in [6, 6.07) is 5.68. The zero-order valence-electron chi connectivity index (χ0n) is 10.9. The van der Waals surface area contributed by atoms with Crippen molar-refractivity contribution in [3.63, 3.8) is 0 Å². The molecule has 0 saturated carbocycles. The third-order valence-electron chi connectivity index (χ3n) is 3.39. The fraction of sp³-hybridized carbons (Fsp3) is 0.500. The van der Waals surface area contributed by atoms with Crippen molar-refractivity contribution in [2.24, 2.45) is 5.92 Å². The Hall–Kier alpha value is -1.06. The van der Waals surface area contributed by atoms with E-state index in [2.05, 4.69) is 5.32 Å². The molecule has 0 aromatic heterocycles. The van der Waals surface area contributed by atoms with Crippen molar-refractivity contribution < 1.29 is 9.53 Å². The number of hydrogen-bond acceptors (Lipinski definition) is 3. The molecular formula is C14H20ClNO2. The van der Waals surface area contributed by atoms with Gasteiger partial charge in [0.05, 0.1) is 7.11 Å². The van der Waals surface area contributed by atoms with E-state index in [0.29, 0.717) is 0 Å². The van der Waals surface area contributed by atoms with Gasteiger partial charge < -0.3 is 10.1 Å². The molecule has 0 amide bonds. The van der Waals surface area contributed by atoms with Crippen LogP contribution in [0.15, 0.2) is 18.2 Å². The molecule has 1 fully saturated rings. The van der Waals surface area contributed by atoms with E-state index in [9.17, 15) is 4.79 Å². The predicted molar refractivity (Wildman–Crippen MR) is 74.9 cm³/mol. The number of halogens is 1. The Morgan fingerprint density at radius 3 is 2.56 bits per heavy atom. The van der Waals surface area contributed by atoms with Crippen LogP contribution in [-0.4, -0.2) is 26.0 Å². The Balaban J connectivity index is 0.00000162. The van der Waals surface area contributed by atoms with Crippen LogP contribution >= 0.6 is 12.4 Å². The highest BCUT2D eigenvalue weighted by molar-refractivity contribution is 5.98. The molecule has 0 spiro atoms. The minimum absolute atomic E-state index is 0. The van der Waals surface area contributed by atoms with Gasteiger partial charge in [0, 0.05) is 11.5 Å². The van der Waals surface area contributed by atoms with E-state index in [1.165, 1.54) is 0 Å². The summed E-state index contributed by atoms with van der Waals surface area (Å²) >= 11 is 0. The van der Waals surface area contributed by atoms with Gasteiger partial charge in [-0.05, 0) is 56.6 Å². The molecule has 1 N–H and O–H groups in total. The molecule has 0 atom stereocenters. The summed E-state index contributed by atoms with van der Waals surface area (Å²) in [5.74, 6) is 1.30. The van der Waals surface area contributed by atoms with Crippen LogP contribution in [0.2, 0.25) is 0 Å². The third kappa shape index (κ3) is 3.24. The third-order valence-corrected chi connectivity index (χ3v) is 3.39. The van der Waals surface area contributed by atoms with Gasteiger partial charge in [-0.15, -0.1) is 12.4 Å². The maximum absolute atomic E-state index is 12.3. The summed E-state index contributed by atoms with van der Waals surface area (Å²) in [5, 5.41) is 3.28. The van der Waals surface area contributed by atoms with Crippen molar-refractivity contribution in [1.82, 2.24) is 5.32 Å². The van der Waals surface area contributed by atoms with Gasteiger partial charge in [-0.1, -0.05) is 0 Å². The molecule has 100 valence electrons. The van der Waals surface area contributed by atoms with E-state index in [-0.39, 0.29) is 24.1 Å². The van der Waals surface area contributed by atoms with Gasteiger partial charge in [-0.25, -0.2) is 0 Å². The zero-order chi connectivity index (χ0) is 12.3. The topological polar surface area (TPSA) is 38.3 Å². The molecule has 0 aliphatic carbocycles. The molecule has 1 aromatic rings. The number of ether oxygens (including phenoxy) is 1. The second-order valence-corrected chi connectivity index (χ2v) is 4.57. The summed E-state index contributed by atoms with van der Waals surface area (Å²) < 4.78 is 5.20. The average Bonchev–Trinajstić information content (AvgIpc) is 2.39. The minimum Gasteiger partial charge on any atom is -0.496 e. The van der Waals surface area contributed by atoms with Crippen molar-refractivity contribution in [3.8, 4) is 5.75 Å². The predicted octanol–water partition coefficient (Wildman–Crippen LogP) is 2.61. The number of benzene rings is 1. The second-order valence-electron chi connectivity index (χ2n) is 4.57. The van der Waals surface area contributed by atoms with Crippen molar-refractivity contribution in [1.29, 1.82) is 0 Å². The van der Waals surface area contributed by atoms with Gasteiger partial charge in [0.1, 0.15) is 5.75 Å². The molecule has 0 unspecified atom stereocenters. The lowest BCUT2D eigenvalue weighted by atomic mass is 9.89. The van der Waals surface area contributed by atoms with E-state index < -0.39 is 0 Å². The number of hydrogen-bond donors (Lipinski definition) is 1. The average molecular weight is 270 g/mol. The number of aryl methyl sites for hydroxylation is 1. The minimum atomic E-state index is 0. The molecule has 2 rings (SSSR count). The quantitative estimate of drug-likeness (QED) is 0.858. The Morgan fingerprint density at radius 2 is 2.00 bits per heavy atom. The summed E-state index contributed by atoms with van der Waals surface area (Å²) in [4.78, 5) is 12.3. The van der Waals surface area contributed by atoms with Crippen LogP contribution < -0.4 is 10.1 Å². The number of Topliss-reactive ketones (excluding diaryl/α,β-unsaturated/α-hetero) is 1. The first-order valence-corrected chi connectivity index (χ1v) is 6.12. The largest absolute Gasteiger partial charge is 0.496 e. The van der Waals surface area contributed by atoms with Crippen molar-refractivity contribution in [2.75, 3.05) is 20.2 Å². The highest BCUT2D eigenvalue weighted by atomic mass is 35.5. The Kier molecular flexibility index (Phi) is 5.63. The molecular weight excluding hydrogens is 250 g/mol. The SMILES string of the molecule is COc1ccc(C(=O)C2CCNCC2)cc1C.Cl. The molecule has 18 heavy (non-hydrogen) atoms. The maximum atomic E-state index is 12.3. The number of methoxy groups -OCH3 is 1. The van der Waals surface area contributed by atoms with Crippen LogP contribution in [0.4, 0.5) is 0 Å². The Morgan fingerprint density at radius 1 is 1.33 bits per heavy atom. The number of carbonyl (C=O) groups is 1. The van der Waals surface area contributed by atoms with Crippen LogP contribution in [0.25, 0.3) is 0 Å². The molecule has 1 aliphatic heterocycles. The van der Waals surface area contributed by atoms with E-state index >= 15 is 0 Å². The smallest absolute Gasteiger partial charge is 0.166 e. The molecule has 1 heterocycles. The lowest BCUT2D eigenvalue weighted by Gasteiger charge is -2.21. The lowest BCUT2D eigenvalue weighted by Crippen LogP contribution is -2.31. The highest BCUT2D eigenvalue weighted by Crippen LogP contribution is 2.23. The number of ketones is 1. The standard InChI is InChI=1S/C14H19NO2.ClH/c1-10-9-12(3-4-13(10)17-2)14(16)11-5-7-15-8-6-11;/h3-4,9,11,15H,5-8H2,1-2H3;1H. The molecule has 1 aromatic carbocycles. The second kappa shape index (κ2) is 6.76. The van der Waals surface area contributed by atoms with Crippen LogP contribution in [0, 0.1) is 12.8 Å². The van der Waals surface area contributed by atoms with Crippen LogP contribution in [0.1, 0.15) is 28.8 Å². The van der Waals surface area contributed by atoms with Gasteiger partial charge in [0.2, 0.25) is 0 Å². The van der Waals surface area contributed by atoms with Gasteiger partial charge in [0.15, 0.2) is 5.78 Å². The molecule has 0 bridgehead atoms. The molecule has 0 radical (unpaired) electrons. The Labute approximate surface area is 114 Å². The van der Waals surface area contributed by atoms with Crippen LogP contribution in [0.5, 0.6) is 5.75 Å².